The summed E-state index contributed by atoms with van der Waals surface area (Å²) in [6.07, 6.45) is 5.57. The number of hydrogen-bond donors (Lipinski definition) is 0. The van der Waals surface area contributed by atoms with Gasteiger partial charge in [0.25, 0.3) is 0 Å². The third-order valence-corrected chi connectivity index (χ3v) is 9.48. The van der Waals surface area contributed by atoms with E-state index in [1.54, 1.807) is 16.2 Å². The van der Waals surface area contributed by atoms with Crippen LogP contribution in [0.4, 0.5) is 4.39 Å². The van der Waals surface area contributed by atoms with Crippen molar-refractivity contribution >= 4 is 37.5 Å². The molecule has 172 valence electrons. The number of nitrogens with zero attached hydrogens (tertiary/aromatic N) is 3. The number of carbonyl (C=O) groups is 1. The zero-order chi connectivity index (χ0) is 23.0. The maximum absolute atomic E-state index is 14.1. The molecule has 6 nitrogen and oxygen atoms in total. The number of rotatable bonds is 4. The van der Waals surface area contributed by atoms with E-state index >= 15 is 0 Å². The number of halogens is 1. The normalized spacial score (nSPS) is 22.0. The van der Waals surface area contributed by atoms with E-state index in [1.807, 2.05) is 30.3 Å². The Labute approximate surface area is 196 Å². The molecule has 0 saturated carbocycles. The molecule has 5 rings (SSSR count). The molecule has 2 heterocycles. The van der Waals surface area contributed by atoms with Crippen LogP contribution in [0.15, 0.2) is 65.6 Å². The number of carbonyl (C=O) groups excluding carboxylic acids is 1. The Morgan fingerprint density at radius 1 is 0.970 bits per heavy atom. The van der Waals surface area contributed by atoms with Gasteiger partial charge in [0.05, 0.1) is 21.1 Å². The van der Waals surface area contributed by atoms with Crippen molar-refractivity contribution in [2.75, 3.05) is 26.2 Å². The van der Waals surface area contributed by atoms with Crippen molar-refractivity contribution < 1.29 is 17.6 Å². The van der Waals surface area contributed by atoms with Gasteiger partial charge in [0.1, 0.15) is 10.7 Å². The fraction of sp³-hybridized carbons (Fsp3) is 0.333. The second-order valence-electron chi connectivity index (χ2n) is 8.34. The van der Waals surface area contributed by atoms with Gasteiger partial charge in [0, 0.05) is 32.1 Å². The summed E-state index contributed by atoms with van der Waals surface area (Å²) < 4.78 is 42.2. The number of hydrogen-bond acceptors (Lipinski definition) is 5. The molecule has 2 aromatic carbocycles. The largest absolute Gasteiger partial charge is 0.340 e. The highest BCUT2D eigenvalue weighted by atomic mass is 32.2. The molecule has 1 aromatic heterocycles. The van der Waals surface area contributed by atoms with Crippen LogP contribution in [0.25, 0.3) is 10.2 Å². The summed E-state index contributed by atoms with van der Waals surface area (Å²) in [5.74, 6) is -0.930. The molecule has 1 aliphatic heterocycles. The first-order valence-corrected chi connectivity index (χ1v) is 13.2. The number of fused-ring (bicyclic) bond motifs is 1. The van der Waals surface area contributed by atoms with Gasteiger partial charge in [0.15, 0.2) is 0 Å². The lowest BCUT2D eigenvalue weighted by atomic mass is 9.82. The smallest absolute Gasteiger partial charge is 0.246 e. The van der Waals surface area contributed by atoms with E-state index in [1.165, 1.54) is 22.5 Å². The van der Waals surface area contributed by atoms with Crippen molar-refractivity contribution in [1.29, 1.82) is 0 Å². The van der Waals surface area contributed by atoms with Gasteiger partial charge in [-0.25, -0.2) is 17.8 Å². The lowest BCUT2D eigenvalue weighted by Gasteiger charge is -2.37. The fourth-order valence-corrected chi connectivity index (χ4v) is 7.22. The van der Waals surface area contributed by atoms with Crippen molar-refractivity contribution in [2.45, 2.75) is 23.7 Å². The first-order valence-electron chi connectivity index (χ1n) is 11.0. The summed E-state index contributed by atoms with van der Waals surface area (Å²) >= 11 is 1.64. The SMILES string of the molecule is O=C(C1CC=CCC1c1nc2ccccc2s1)N1CCN(S(=O)(=O)c2ccccc2F)CC1. The first-order chi connectivity index (χ1) is 15.9. The standard InChI is InChI=1S/C24H24FN3O3S2/c25-19-9-3-6-12-22(19)33(30,31)28-15-13-27(14-16-28)24(29)18-8-2-1-7-17(18)23-26-20-10-4-5-11-21(20)32-23/h1-6,9-12,17-18H,7-8,13-16H2. The average Bonchev–Trinajstić information content (AvgIpc) is 3.28. The quantitative estimate of drug-likeness (QED) is 0.524. The van der Waals surface area contributed by atoms with Crippen molar-refractivity contribution in [1.82, 2.24) is 14.2 Å². The van der Waals surface area contributed by atoms with E-state index in [0.717, 1.165) is 27.7 Å². The van der Waals surface area contributed by atoms with Crippen LogP contribution in [-0.2, 0) is 14.8 Å². The van der Waals surface area contributed by atoms with Crippen LogP contribution >= 0.6 is 11.3 Å². The van der Waals surface area contributed by atoms with Gasteiger partial charge in [0.2, 0.25) is 15.9 Å². The van der Waals surface area contributed by atoms with Crippen LogP contribution in [0.3, 0.4) is 0 Å². The summed E-state index contributed by atoms with van der Waals surface area (Å²) in [6.45, 7) is 0.881. The van der Waals surface area contributed by atoms with Gasteiger partial charge < -0.3 is 4.90 Å². The molecule has 1 saturated heterocycles. The highest BCUT2D eigenvalue weighted by Gasteiger charge is 2.37. The molecule has 0 N–H and O–H groups in total. The number of sulfonamides is 1. The van der Waals surface area contributed by atoms with E-state index in [0.29, 0.717) is 19.5 Å². The summed E-state index contributed by atoms with van der Waals surface area (Å²) in [4.78, 5) is 19.7. The molecule has 33 heavy (non-hydrogen) atoms. The second kappa shape index (κ2) is 8.96. The molecule has 2 unspecified atom stereocenters. The fourth-order valence-electron chi connectivity index (χ4n) is 4.59. The van der Waals surface area contributed by atoms with Gasteiger partial charge in [-0.3, -0.25) is 4.79 Å². The minimum absolute atomic E-state index is 0.0140. The lowest BCUT2D eigenvalue weighted by Crippen LogP contribution is -2.52. The number of benzene rings is 2. The van der Waals surface area contributed by atoms with Crippen molar-refractivity contribution in [2.24, 2.45) is 5.92 Å². The minimum Gasteiger partial charge on any atom is -0.340 e. The number of piperazine rings is 1. The number of allylic oxidation sites excluding steroid dienone is 2. The molecule has 2 aliphatic rings. The number of thiazole rings is 1. The summed E-state index contributed by atoms with van der Waals surface area (Å²) in [5, 5.41) is 0.972. The lowest BCUT2D eigenvalue weighted by molar-refractivity contribution is -0.137. The summed E-state index contributed by atoms with van der Waals surface area (Å²) in [5.41, 5.74) is 0.949. The van der Waals surface area contributed by atoms with E-state index in [2.05, 4.69) is 6.08 Å². The van der Waals surface area contributed by atoms with E-state index < -0.39 is 15.8 Å². The van der Waals surface area contributed by atoms with Crippen LogP contribution in [0.5, 0.6) is 0 Å². The molecule has 1 fully saturated rings. The Hall–Kier alpha value is -2.62. The minimum atomic E-state index is -3.93. The molecule has 3 aromatic rings. The molecule has 1 aliphatic carbocycles. The van der Waals surface area contributed by atoms with Gasteiger partial charge >= 0.3 is 0 Å². The zero-order valence-electron chi connectivity index (χ0n) is 17.9. The highest BCUT2D eigenvalue weighted by molar-refractivity contribution is 7.89. The van der Waals surface area contributed by atoms with E-state index in [4.69, 9.17) is 4.98 Å². The Morgan fingerprint density at radius 2 is 1.67 bits per heavy atom. The van der Waals surface area contributed by atoms with Gasteiger partial charge in [-0.1, -0.05) is 36.4 Å². The third kappa shape index (κ3) is 4.20. The van der Waals surface area contributed by atoms with Gasteiger partial charge in [-0.15, -0.1) is 11.3 Å². The summed E-state index contributed by atoms with van der Waals surface area (Å²) in [6, 6.07) is 13.4. The van der Waals surface area contributed by atoms with Crippen LogP contribution in [0, 0.1) is 11.7 Å². The molecular weight excluding hydrogens is 461 g/mol. The molecule has 2 atom stereocenters. The molecule has 0 bridgehead atoms. The molecule has 1 amide bonds. The zero-order valence-corrected chi connectivity index (χ0v) is 19.6. The Morgan fingerprint density at radius 3 is 2.42 bits per heavy atom. The van der Waals surface area contributed by atoms with Crippen LogP contribution in [0.1, 0.15) is 23.8 Å². The third-order valence-electron chi connectivity index (χ3n) is 6.38. The average molecular weight is 486 g/mol. The van der Waals surface area contributed by atoms with Gasteiger partial charge in [-0.05, 0) is 37.1 Å². The molecular formula is C24H24FN3O3S2. The van der Waals surface area contributed by atoms with Gasteiger partial charge in [-0.2, -0.15) is 4.31 Å². The molecule has 0 spiro atoms. The number of para-hydroxylation sites is 1. The van der Waals surface area contributed by atoms with Crippen LogP contribution < -0.4 is 0 Å². The second-order valence-corrected chi connectivity index (χ2v) is 11.3. The molecule has 9 heteroatoms. The van der Waals surface area contributed by atoms with E-state index in [9.17, 15) is 17.6 Å². The number of aromatic nitrogens is 1. The topological polar surface area (TPSA) is 70.6 Å². The van der Waals surface area contributed by atoms with Crippen molar-refractivity contribution in [3.05, 3.63) is 71.5 Å². The van der Waals surface area contributed by atoms with Crippen molar-refractivity contribution in [3.63, 3.8) is 0 Å². The van der Waals surface area contributed by atoms with Crippen LogP contribution in [-0.4, -0.2) is 54.7 Å². The predicted octanol–water partition coefficient (Wildman–Crippen LogP) is 4.02. The Bertz CT molecular complexity index is 1280. The molecule has 0 radical (unpaired) electrons. The predicted molar refractivity (Wildman–Crippen MR) is 126 cm³/mol. The monoisotopic (exact) mass is 485 g/mol. The number of amides is 1. The Balaban J connectivity index is 1.31. The Kier molecular flexibility index (Phi) is 6.03. The summed E-state index contributed by atoms with van der Waals surface area (Å²) in [7, 11) is -3.93. The highest BCUT2D eigenvalue weighted by Crippen LogP contribution is 2.39. The van der Waals surface area contributed by atoms with Crippen LogP contribution in [0.2, 0.25) is 0 Å². The maximum atomic E-state index is 14.1. The maximum Gasteiger partial charge on any atom is 0.246 e. The van der Waals surface area contributed by atoms with E-state index in [-0.39, 0.29) is 35.7 Å². The van der Waals surface area contributed by atoms with Crippen molar-refractivity contribution in [3.8, 4) is 0 Å². The first kappa shape index (κ1) is 22.2.